The predicted octanol–water partition coefficient (Wildman–Crippen LogP) is 4.27. The Kier molecular flexibility index (Phi) is 5.37. The molecule has 0 saturated carbocycles. The van der Waals surface area contributed by atoms with Gasteiger partial charge in [0.1, 0.15) is 0 Å². The molecule has 1 heteroatoms. The monoisotopic (exact) mass is 267 g/mol. The van der Waals surface area contributed by atoms with E-state index < -0.39 is 0 Å². The van der Waals surface area contributed by atoms with Crippen molar-refractivity contribution in [3.8, 4) is 0 Å². The third-order valence-electron chi connectivity index (χ3n) is 3.76. The normalized spacial score (nSPS) is 12.6. The molecule has 0 aliphatic rings. The van der Waals surface area contributed by atoms with Crippen LogP contribution < -0.4 is 0 Å². The maximum atomic E-state index is 2.31. The molecule has 106 valence electrons. The van der Waals surface area contributed by atoms with Crippen LogP contribution in [0.3, 0.4) is 0 Å². The molecular weight excluding hydrogens is 242 g/mol. The van der Waals surface area contributed by atoms with Crippen molar-refractivity contribution in [1.29, 1.82) is 0 Å². The van der Waals surface area contributed by atoms with Gasteiger partial charge in [0.15, 0.2) is 0 Å². The molecule has 0 radical (unpaired) electrons. The van der Waals surface area contributed by atoms with Crippen molar-refractivity contribution < 1.29 is 0 Å². The summed E-state index contributed by atoms with van der Waals surface area (Å²) in [5.74, 6) is 0.598. The maximum Gasteiger partial charge on any atom is -0.00189 e. The Morgan fingerprint density at radius 3 is 2.35 bits per heavy atom. The number of hydrogen-bond acceptors (Lipinski definition) is 1. The summed E-state index contributed by atoms with van der Waals surface area (Å²) in [4.78, 5) is 2.27. The average Bonchev–Trinajstić information content (AvgIpc) is 2.44. The van der Waals surface area contributed by atoms with Crippen LogP contribution in [-0.4, -0.2) is 25.5 Å². The van der Waals surface area contributed by atoms with Crippen LogP contribution in [0.25, 0.3) is 0 Å². The second kappa shape index (κ2) is 7.25. The Hall–Kier alpha value is -1.60. The van der Waals surface area contributed by atoms with Gasteiger partial charge in [-0.05, 0) is 57.5 Å². The Labute approximate surface area is 123 Å². The second-order valence-electron chi connectivity index (χ2n) is 5.89. The van der Waals surface area contributed by atoms with Gasteiger partial charge in [0.25, 0.3) is 0 Å². The lowest BCUT2D eigenvalue weighted by Gasteiger charge is -2.20. The molecule has 1 atom stereocenters. The smallest absolute Gasteiger partial charge is 0.00189 e. The third-order valence-corrected chi connectivity index (χ3v) is 3.76. The van der Waals surface area contributed by atoms with Crippen molar-refractivity contribution in [3.63, 3.8) is 0 Å². The first-order valence-electron chi connectivity index (χ1n) is 7.40. The molecular formula is C19H25N. The molecule has 0 aliphatic heterocycles. The summed E-state index contributed by atoms with van der Waals surface area (Å²) in [6.45, 7) is 3.30. The van der Waals surface area contributed by atoms with Gasteiger partial charge in [-0.15, -0.1) is 0 Å². The average molecular weight is 267 g/mol. The van der Waals surface area contributed by atoms with E-state index in [-0.39, 0.29) is 0 Å². The fourth-order valence-electron chi connectivity index (χ4n) is 2.65. The van der Waals surface area contributed by atoms with Crippen LogP contribution in [0.2, 0.25) is 0 Å². The van der Waals surface area contributed by atoms with Crippen LogP contribution >= 0.6 is 0 Å². The summed E-state index contributed by atoms with van der Waals surface area (Å²) in [7, 11) is 4.30. The van der Waals surface area contributed by atoms with Crippen molar-refractivity contribution in [1.82, 2.24) is 4.90 Å². The Bertz CT molecular complexity index is 516. The molecule has 0 heterocycles. The lowest BCUT2D eigenvalue weighted by molar-refractivity contribution is 0.380. The van der Waals surface area contributed by atoms with Crippen molar-refractivity contribution in [2.75, 3.05) is 20.6 Å². The first kappa shape index (κ1) is 14.8. The van der Waals surface area contributed by atoms with Crippen LogP contribution in [0.4, 0.5) is 0 Å². The first-order valence-corrected chi connectivity index (χ1v) is 7.40. The number of hydrogen-bond donors (Lipinski definition) is 0. The van der Waals surface area contributed by atoms with Gasteiger partial charge in [0, 0.05) is 0 Å². The molecule has 2 rings (SSSR count). The highest BCUT2D eigenvalue weighted by Gasteiger charge is 2.12. The topological polar surface area (TPSA) is 3.24 Å². The van der Waals surface area contributed by atoms with Gasteiger partial charge in [-0.25, -0.2) is 0 Å². The SMILES string of the molecule is Cc1cccc(CC(CCN(C)C)c2ccccc2)c1. The highest BCUT2D eigenvalue weighted by molar-refractivity contribution is 5.27. The van der Waals surface area contributed by atoms with Crippen molar-refractivity contribution >= 4 is 0 Å². The van der Waals surface area contributed by atoms with E-state index >= 15 is 0 Å². The van der Waals surface area contributed by atoms with Crippen molar-refractivity contribution in [2.45, 2.75) is 25.7 Å². The summed E-state index contributed by atoms with van der Waals surface area (Å²) >= 11 is 0. The number of aryl methyl sites for hydroxylation is 1. The van der Waals surface area contributed by atoms with Crippen LogP contribution in [0.5, 0.6) is 0 Å². The second-order valence-corrected chi connectivity index (χ2v) is 5.89. The van der Waals surface area contributed by atoms with Gasteiger partial charge in [-0.2, -0.15) is 0 Å². The van der Waals surface area contributed by atoms with E-state index in [1.165, 1.54) is 23.1 Å². The fraction of sp³-hybridized carbons (Fsp3) is 0.368. The molecule has 0 aliphatic carbocycles. The first-order chi connectivity index (χ1) is 9.65. The van der Waals surface area contributed by atoms with Gasteiger partial charge >= 0.3 is 0 Å². The lowest BCUT2D eigenvalue weighted by atomic mass is 9.89. The molecule has 0 spiro atoms. The molecule has 0 N–H and O–H groups in total. The minimum absolute atomic E-state index is 0.598. The van der Waals surface area contributed by atoms with Crippen LogP contribution in [0, 0.1) is 6.92 Å². The molecule has 20 heavy (non-hydrogen) atoms. The Morgan fingerprint density at radius 2 is 1.70 bits per heavy atom. The summed E-state index contributed by atoms with van der Waals surface area (Å²) < 4.78 is 0. The van der Waals surface area contributed by atoms with E-state index in [1.807, 2.05) is 0 Å². The number of benzene rings is 2. The minimum atomic E-state index is 0.598. The van der Waals surface area contributed by atoms with Gasteiger partial charge in [-0.3, -0.25) is 0 Å². The van der Waals surface area contributed by atoms with Gasteiger partial charge in [0.05, 0.1) is 0 Å². The lowest BCUT2D eigenvalue weighted by Crippen LogP contribution is -2.17. The standard InChI is InChI=1S/C19H25N/c1-16-8-7-9-17(14-16)15-19(12-13-20(2)3)18-10-5-4-6-11-18/h4-11,14,19H,12-13,15H2,1-3H3. The molecule has 2 aromatic carbocycles. The van der Waals surface area contributed by atoms with Crippen LogP contribution in [0.15, 0.2) is 54.6 Å². The van der Waals surface area contributed by atoms with Crippen LogP contribution in [-0.2, 0) is 6.42 Å². The van der Waals surface area contributed by atoms with Gasteiger partial charge in [-0.1, -0.05) is 60.2 Å². The van der Waals surface area contributed by atoms with E-state index in [0.717, 1.165) is 13.0 Å². The van der Waals surface area contributed by atoms with E-state index in [1.54, 1.807) is 0 Å². The molecule has 0 saturated heterocycles. The zero-order chi connectivity index (χ0) is 14.4. The number of nitrogens with zero attached hydrogens (tertiary/aromatic N) is 1. The summed E-state index contributed by atoms with van der Waals surface area (Å²) in [6, 6.07) is 19.8. The largest absolute Gasteiger partial charge is 0.309 e. The van der Waals surface area contributed by atoms with Crippen LogP contribution in [0.1, 0.15) is 29.0 Å². The van der Waals surface area contributed by atoms with Crippen molar-refractivity contribution in [2.24, 2.45) is 0 Å². The quantitative estimate of drug-likeness (QED) is 0.755. The maximum absolute atomic E-state index is 2.31. The number of rotatable bonds is 6. The third kappa shape index (κ3) is 4.50. The zero-order valence-electron chi connectivity index (χ0n) is 12.8. The fourth-order valence-corrected chi connectivity index (χ4v) is 2.65. The molecule has 1 nitrogen and oxygen atoms in total. The summed E-state index contributed by atoms with van der Waals surface area (Å²) in [5.41, 5.74) is 4.25. The highest BCUT2D eigenvalue weighted by Crippen LogP contribution is 2.24. The van der Waals surface area contributed by atoms with E-state index in [9.17, 15) is 0 Å². The summed E-state index contributed by atoms with van der Waals surface area (Å²) in [5, 5.41) is 0. The van der Waals surface area contributed by atoms with E-state index in [4.69, 9.17) is 0 Å². The van der Waals surface area contributed by atoms with E-state index in [2.05, 4.69) is 80.5 Å². The zero-order valence-corrected chi connectivity index (χ0v) is 12.8. The van der Waals surface area contributed by atoms with Crippen molar-refractivity contribution in [3.05, 3.63) is 71.3 Å². The summed E-state index contributed by atoms with van der Waals surface area (Å²) in [6.07, 6.45) is 2.32. The molecule has 2 aromatic rings. The molecule has 1 unspecified atom stereocenters. The van der Waals surface area contributed by atoms with E-state index in [0.29, 0.717) is 5.92 Å². The molecule has 0 fully saturated rings. The minimum Gasteiger partial charge on any atom is -0.309 e. The molecule has 0 aromatic heterocycles. The molecule has 0 amide bonds. The Morgan fingerprint density at radius 1 is 0.950 bits per heavy atom. The molecule has 0 bridgehead atoms. The van der Waals surface area contributed by atoms with Gasteiger partial charge < -0.3 is 4.90 Å². The highest BCUT2D eigenvalue weighted by atomic mass is 15.0. The van der Waals surface area contributed by atoms with Gasteiger partial charge in [0.2, 0.25) is 0 Å². The predicted molar refractivity (Wildman–Crippen MR) is 87.2 cm³/mol. The Balaban J connectivity index is 2.14.